The van der Waals surface area contributed by atoms with Crippen molar-refractivity contribution < 1.29 is 42.9 Å². The molecule has 0 fully saturated rings. The van der Waals surface area contributed by atoms with Crippen molar-refractivity contribution in [2.24, 2.45) is 0 Å². The first-order valence-corrected chi connectivity index (χ1v) is 22.8. The lowest BCUT2D eigenvalue weighted by Crippen LogP contribution is -2.44. The second kappa shape index (κ2) is 40.0. The van der Waals surface area contributed by atoms with Gasteiger partial charge in [-0.05, 0) is 77.0 Å². The van der Waals surface area contributed by atoms with Crippen LogP contribution in [0.25, 0.3) is 0 Å². The summed E-state index contributed by atoms with van der Waals surface area (Å²) >= 11 is 0. The molecule has 0 saturated heterocycles. The quantitative estimate of drug-likeness (QED) is 0.0197. The van der Waals surface area contributed by atoms with Crippen molar-refractivity contribution in [1.82, 2.24) is 0 Å². The van der Waals surface area contributed by atoms with Gasteiger partial charge in [0, 0.05) is 12.8 Å². The largest absolute Gasteiger partial charge is 0.545 e. The van der Waals surface area contributed by atoms with E-state index in [1.807, 2.05) is 21.1 Å². The lowest BCUT2D eigenvalue weighted by Gasteiger charge is -2.26. The van der Waals surface area contributed by atoms with Crippen molar-refractivity contribution in [2.45, 2.75) is 193 Å². The average molecular weight is 804 g/mol. The lowest BCUT2D eigenvalue weighted by molar-refractivity contribution is -0.870. The number of nitrogens with zero attached hydrogens (tertiary/aromatic N) is 1. The van der Waals surface area contributed by atoms with Crippen molar-refractivity contribution in [1.29, 1.82) is 0 Å². The molecule has 0 aromatic heterocycles. The maximum Gasteiger partial charge on any atom is 0.306 e. The van der Waals surface area contributed by atoms with Crippen LogP contribution in [0.5, 0.6) is 0 Å². The van der Waals surface area contributed by atoms with Crippen LogP contribution in [0.2, 0.25) is 0 Å². The molecule has 2 atom stereocenters. The molecule has 0 aromatic carbocycles. The molecular formula is C48H85NO8. The van der Waals surface area contributed by atoms with Gasteiger partial charge in [0.1, 0.15) is 13.2 Å². The second-order valence-electron chi connectivity index (χ2n) is 16.3. The molecule has 0 spiro atoms. The van der Waals surface area contributed by atoms with Gasteiger partial charge in [-0.1, -0.05) is 140 Å². The van der Waals surface area contributed by atoms with Crippen LogP contribution in [-0.2, 0) is 33.3 Å². The summed E-state index contributed by atoms with van der Waals surface area (Å²) in [6.07, 6.45) is 42.7. The molecule has 0 bridgehead atoms. The van der Waals surface area contributed by atoms with Gasteiger partial charge in [-0.15, -0.1) is 0 Å². The van der Waals surface area contributed by atoms with Gasteiger partial charge in [0.2, 0.25) is 0 Å². The number of carboxylic acids is 1. The van der Waals surface area contributed by atoms with Gasteiger partial charge in [-0.25, -0.2) is 0 Å². The topological polar surface area (TPSA) is 111 Å². The van der Waals surface area contributed by atoms with E-state index in [2.05, 4.69) is 62.5 Å². The first kappa shape index (κ1) is 54.2. The molecule has 9 nitrogen and oxygen atoms in total. The van der Waals surface area contributed by atoms with Gasteiger partial charge in [-0.2, -0.15) is 0 Å². The van der Waals surface area contributed by atoms with E-state index in [9.17, 15) is 19.5 Å². The van der Waals surface area contributed by atoms with E-state index in [4.69, 9.17) is 18.9 Å². The Labute approximate surface area is 349 Å². The van der Waals surface area contributed by atoms with Crippen molar-refractivity contribution >= 4 is 17.9 Å². The van der Waals surface area contributed by atoms with E-state index in [1.165, 1.54) is 70.6 Å². The van der Waals surface area contributed by atoms with Crippen LogP contribution >= 0.6 is 0 Å². The molecule has 0 aliphatic heterocycles. The molecule has 0 N–H and O–H groups in total. The number of unbranched alkanes of at least 4 members (excludes halogenated alkanes) is 18. The standard InChI is InChI=1S/C48H85NO8/c1-6-8-10-12-14-16-18-20-22-23-25-27-29-31-33-35-37-39-46(51)57-44(43-56-48(47(52)53)54-41-40-49(3,4)5)42-55-45(50)38-36-34-32-30-28-26-24-21-19-17-15-13-11-9-7-2/h14-17,20-22,24,44,48H,6-13,18-19,23,25-43H2,1-5H3/b16-14-,17-15-,22-20-,24-21-. The Morgan fingerprint density at radius 3 is 1.39 bits per heavy atom. The molecule has 0 aromatic rings. The zero-order valence-corrected chi connectivity index (χ0v) is 37.2. The summed E-state index contributed by atoms with van der Waals surface area (Å²) in [5, 5.41) is 11.7. The van der Waals surface area contributed by atoms with Crippen molar-refractivity contribution in [2.75, 3.05) is 47.5 Å². The Morgan fingerprint density at radius 2 is 0.947 bits per heavy atom. The highest BCUT2D eigenvalue weighted by atomic mass is 16.7. The van der Waals surface area contributed by atoms with Crippen LogP contribution in [0.4, 0.5) is 0 Å². The van der Waals surface area contributed by atoms with Gasteiger partial charge in [0.05, 0.1) is 40.3 Å². The van der Waals surface area contributed by atoms with Gasteiger partial charge in [0.15, 0.2) is 12.4 Å². The number of aliphatic carboxylic acids is 1. The van der Waals surface area contributed by atoms with Crippen LogP contribution < -0.4 is 5.11 Å². The summed E-state index contributed by atoms with van der Waals surface area (Å²) < 4.78 is 22.5. The highest BCUT2D eigenvalue weighted by Gasteiger charge is 2.21. The highest BCUT2D eigenvalue weighted by molar-refractivity contribution is 5.70. The number of esters is 2. The van der Waals surface area contributed by atoms with Gasteiger partial charge >= 0.3 is 11.9 Å². The normalized spacial score (nSPS) is 13.4. The van der Waals surface area contributed by atoms with Crippen LogP contribution in [0, 0.1) is 0 Å². The SMILES string of the molecule is CCCCC/C=C\C/C=C\CCCCCCCCCC(=O)OC(COC(=O)CCCCCCC/C=C\C/C=C\CCCCC)COC(OCC[N+](C)(C)C)C(=O)[O-]. The maximum absolute atomic E-state index is 12.8. The lowest BCUT2D eigenvalue weighted by atomic mass is 10.1. The number of rotatable bonds is 41. The zero-order valence-electron chi connectivity index (χ0n) is 37.2. The number of ether oxygens (including phenoxy) is 4. The summed E-state index contributed by atoms with van der Waals surface area (Å²) in [7, 11) is 5.90. The first-order chi connectivity index (χ1) is 27.6. The molecule has 9 heteroatoms. The number of hydrogen-bond donors (Lipinski definition) is 0. The molecule has 0 rings (SSSR count). The Balaban J connectivity index is 4.47. The number of carboxylic acid groups (broad SMARTS) is 1. The van der Waals surface area contributed by atoms with Crippen molar-refractivity contribution in [3.8, 4) is 0 Å². The summed E-state index contributed by atoms with van der Waals surface area (Å²) in [5.74, 6) is -2.32. The number of likely N-dealkylation sites (N-methyl/N-ethyl adjacent to an activating group) is 1. The Kier molecular flexibility index (Phi) is 38.1. The Hall–Kier alpha value is -2.75. The highest BCUT2D eigenvalue weighted by Crippen LogP contribution is 2.13. The fraction of sp³-hybridized carbons (Fsp3) is 0.771. The molecule has 0 aliphatic carbocycles. The van der Waals surface area contributed by atoms with Gasteiger partial charge < -0.3 is 33.3 Å². The van der Waals surface area contributed by atoms with E-state index in [0.717, 1.165) is 77.0 Å². The van der Waals surface area contributed by atoms with E-state index in [-0.39, 0.29) is 38.6 Å². The molecule has 0 amide bonds. The smallest absolute Gasteiger partial charge is 0.306 e. The minimum atomic E-state index is -1.63. The van der Waals surface area contributed by atoms with E-state index < -0.39 is 24.3 Å². The minimum Gasteiger partial charge on any atom is -0.545 e. The van der Waals surface area contributed by atoms with E-state index in [0.29, 0.717) is 17.4 Å². The Morgan fingerprint density at radius 1 is 0.526 bits per heavy atom. The molecular weight excluding hydrogens is 719 g/mol. The fourth-order valence-corrected chi connectivity index (χ4v) is 5.95. The third kappa shape index (κ3) is 41.2. The predicted octanol–water partition coefficient (Wildman–Crippen LogP) is 10.7. The van der Waals surface area contributed by atoms with E-state index in [1.54, 1.807) is 0 Å². The first-order valence-electron chi connectivity index (χ1n) is 22.8. The predicted molar refractivity (Wildman–Crippen MR) is 232 cm³/mol. The van der Waals surface area contributed by atoms with Crippen molar-refractivity contribution in [3.63, 3.8) is 0 Å². The third-order valence-electron chi connectivity index (χ3n) is 9.55. The van der Waals surface area contributed by atoms with Crippen LogP contribution in [0.1, 0.15) is 181 Å². The molecule has 0 saturated carbocycles. The number of quaternary nitrogens is 1. The van der Waals surface area contributed by atoms with Crippen LogP contribution in [0.15, 0.2) is 48.6 Å². The summed E-state index contributed by atoms with van der Waals surface area (Å²) in [6, 6.07) is 0. The van der Waals surface area contributed by atoms with Gasteiger partial charge in [0.25, 0.3) is 0 Å². The molecule has 2 unspecified atom stereocenters. The van der Waals surface area contributed by atoms with Gasteiger partial charge in [-0.3, -0.25) is 9.59 Å². The molecule has 57 heavy (non-hydrogen) atoms. The molecule has 330 valence electrons. The fourth-order valence-electron chi connectivity index (χ4n) is 5.95. The second-order valence-corrected chi connectivity index (χ2v) is 16.3. The van der Waals surface area contributed by atoms with Crippen molar-refractivity contribution in [3.05, 3.63) is 48.6 Å². The number of carbonyl (C=O) groups is 3. The van der Waals surface area contributed by atoms with E-state index >= 15 is 0 Å². The minimum absolute atomic E-state index is 0.142. The summed E-state index contributed by atoms with van der Waals surface area (Å²) in [4.78, 5) is 37.0. The number of carbonyl (C=O) groups excluding carboxylic acids is 3. The monoisotopic (exact) mass is 804 g/mol. The zero-order chi connectivity index (χ0) is 42.1. The third-order valence-corrected chi connectivity index (χ3v) is 9.55. The van der Waals surface area contributed by atoms with Crippen LogP contribution in [-0.4, -0.2) is 82.3 Å². The van der Waals surface area contributed by atoms with Crippen LogP contribution in [0.3, 0.4) is 0 Å². The summed E-state index contributed by atoms with van der Waals surface area (Å²) in [6.45, 7) is 4.65. The number of hydrogen-bond acceptors (Lipinski definition) is 8. The molecule has 0 radical (unpaired) electrons. The molecule has 0 heterocycles. The average Bonchev–Trinajstić information content (AvgIpc) is 3.17. The Bertz CT molecular complexity index is 1080. The number of allylic oxidation sites excluding steroid dienone is 8. The molecule has 0 aliphatic rings. The maximum atomic E-state index is 12.8. The summed E-state index contributed by atoms with van der Waals surface area (Å²) in [5.41, 5.74) is 0.